The number of halogens is 3. The molecule has 1 heterocycles. The standard InChI is InChI=1S/C15H12F3NO3/c1-2-22-15(21)9-12(6-3-4-6)19-13-7(14(9)20)5-8(16)10(17)11(13)18/h5-6H,2-4H2,1H3,(H,19,20). The Hall–Kier alpha value is -2.31. The van der Waals surface area contributed by atoms with E-state index in [9.17, 15) is 22.8 Å². The van der Waals surface area contributed by atoms with Crippen molar-refractivity contribution in [3.8, 4) is 0 Å². The van der Waals surface area contributed by atoms with Crippen molar-refractivity contribution in [1.29, 1.82) is 0 Å². The zero-order valence-corrected chi connectivity index (χ0v) is 11.6. The summed E-state index contributed by atoms with van der Waals surface area (Å²) in [5.41, 5.74) is -1.33. The first-order valence-corrected chi connectivity index (χ1v) is 6.86. The molecular formula is C15H12F3NO3. The van der Waals surface area contributed by atoms with Crippen LogP contribution in [0.15, 0.2) is 10.9 Å². The molecule has 1 aromatic heterocycles. The fourth-order valence-electron chi connectivity index (χ4n) is 2.43. The van der Waals surface area contributed by atoms with Crippen LogP contribution in [0.3, 0.4) is 0 Å². The number of nitrogens with one attached hydrogen (secondary N) is 1. The van der Waals surface area contributed by atoms with Gasteiger partial charge in [0.2, 0.25) is 5.43 Å². The number of rotatable bonds is 3. The molecule has 0 atom stereocenters. The fourth-order valence-corrected chi connectivity index (χ4v) is 2.43. The van der Waals surface area contributed by atoms with Crippen molar-refractivity contribution in [3.05, 3.63) is 45.0 Å². The van der Waals surface area contributed by atoms with E-state index >= 15 is 0 Å². The van der Waals surface area contributed by atoms with Gasteiger partial charge >= 0.3 is 5.97 Å². The Morgan fingerprint density at radius 2 is 2.00 bits per heavy atom. The number of carbonyl (C=O) groups is 1. The highest BCUT2D eigenvalue weighted by atomic mass is 19.2. The number of carbonyl (C=O) groups excluding carboxylic acids is 1. The molecule has 1 aliphatic rings. The topological polar surface area (TPSA) is 59.2 Å². The van der Waals surface area contributed by atoms with Gasteiger partial charge in [-0.05, 0) is 25.8 Å². The zero-order valence-electron chi connectivity index (χ0n) is 11.6. The van der Waals surface area contributed by atoms with Crippen molar-refractivity contribution in [1.82, 2.24) is 4.98 Å². The fraction of sp³-hybridized carbons (Fsp3) is 0.333. The van der Waals surface area contributed by atoms with E-state index in [0.717, 1.165) is 12.8 Å². The summed E-state index contributed by atoms with van der Waals surface area (Å²) >= 11 is 0. The summed E-state index contributed by atoms with van der Waals surface area (Å²) in [7, 11) is 0. The molecular weight excluding hydrogens is 299 g/mol. The predicted molar refractivity (Wildman–Crippen MR) is 72.4 cm³/mol. The lowest BCUT2D eigenvalue weighted by molar-refractivity contribution is 0.0523. The molecule has 3 rings (SSSR count). The van der Waals surface area contributed by atoms with Gasteiger partial charge in [-0.1, -0.05) is 0 Å². The zero-order chi connectivity index (χ0) is 16.0. The molecule has 0 radical (unpaired) electrons. The lowest BCUT2D eigenvalue weighted by Gasteiger charge is -2.11. The summed E-state index contributed by atoms with van der Waals surface area (Å²) in [6.45, 7) is 1.64. The quantitative estimate of drug-likeness (QED) is 0.700. The molecule has 22 heavy (non-hydrogen) atoms. The first-order chi connectivity index (χ1) is 10.5. The molecule has 0 spiro atoms. The number of benzene rings is 1. The molecule has 0 amide bonds. The molecule has 0 saturated heterocycles. The van der Waals surface area contributed by atoms with Crippen molar-refractivity contribution in [2.75, 3.05) is 6.61 Å². The van der Waals surface area contributed by atoms with Crippen LogP contribution >= 0.6 is 0 Å². The number of hydrogen-bond donors (Lipinski definition) is 1. The van der Waals surface area contributed by atoms with Crippen LogP contribution in [0, 0.1) is 17.5 Å². The highest BCUT2D eigenvalue weighted by molar-refractivity contribution is 5.95. The first kappa shape index (κ1) is 14.6. The summed E-state index contributed by atoms with van der Waals surface area (Å²) in [5, 5.41) is -0.413. The van der Waals surface area contributed by atoms with E-state index in [1.807, 2.05) is 0 Å². The summed E-state index contributed by atoms with van der Waals surface area (Å²) in [6, 6.07) is 0.589. The highest BCUT2D eigenvalue weighted by Crippen LogP contribution is 2.41. The van der Waals surface area contributed by atoms with Crippen LogP contribution < -0.4 is 5.43 Å². The third kappa shape index (κ3) is 2.17. The van der Waals surface area contributed by atoms with Gasteiger partial charge in [-0.25, -0.2) is 18.0 Å². The van der Waals surface area contributed by atoms with Crippen LogP contribution in [0.4, 0.5) is 13.2 Å². The van der Waals surface area contributed by atoms with Gasteiger partial charge in [0.05, 0.1) is 17.5 Å². The monoisotopic (exact) mass is 311 g/mol. The van der Waals surface area contributed by atoms with Gasteiger partial charge in [0, 0.05) is 11.6 Å². The maximum atomic E-state index is 13.9. The van der Waals surface area contributed by atoms with Crippen LogP contribution in [-0.4, -0.2) is 17.6 Å². The average Bonchev–Trinajstić information content (AvgIpc) is 3.30. The number of fused-ring (bicyclic) bond motifs is 1. The Morgan fingerprint density at radius 1 is 1.32 bits per heavy atom. The molecule has 1 saturated carbocycles. The second-order valence-electron chi connectivity index (χ2n) is 5.15. The van der Waals surface area contributed by atoms with Gasteiger partial charge in [-0.3, -0.25) is 4.79 Å². The number of hydrogen-bond acceptors (Lipinski definition) is 3. The molecule has 116 valence electrons. The minimum Gasteiger partial charge on any atom is -0.462 e. The molecule has 0 unspecified atom stereocenters. The summed E-state index contributed by atoms with van der Waals surface area (Å²) in [5.74, 6) is -5.57. The predicted octanol–water partition coefficient (Wildman–Crippen LogP) is 3.00. The van der Waals surface area contributed by atoms with Gasteiger partial charge in [0.1, 0.15) is 5.56 Å². The summed E-state index contributed by atoms with van der Waals surface area (Å²) in [4.78, 5) is 27.0. The van der Waals surface area contributed by atoms with E-state index in [-0.39, 0.29) is 23.8 Å². The number of aromatic nitrogens is 1. The van der Waals surface area contributed by atoms with E-state index in [1.54, 1.807) is 6.92 Å². The smallest absolute Gasteiger partial charge is 0.343 e. The third-order valence-electron chi connectivity index (χ3n) is 3.63. The Kier molecular flexibility index (Phi) is 3.42. The number of aromatic amines is 1. The second kappa shape index (κ2) is 5.15. The van der Waals surface area contributed by atoms with E-state index in [4.69, 9.17) is 4.74 Å². The molecule has 1 N–H and O–H groups in total. The summed E-state index contributed by atoms with van der Waals surface area (Å²) < 4.78 is 45.4. The van der Waals surface area contributed by atoms with Crippen LogP contribution in [0.1, 0.15) is 41.7 Å². The maximum absolute atomic E-state index is 13.9. The van der Waals surface area contributed by atoms with Gasteiger partial charge in [-0.15, -0.1) is 0 Å². The normalized spacial score (nSPS) is 14.4. The van der Waals surface area contributed by atoms with Gasteiger partial charge < -0.3 is 9.72 Å². The van der Waals surface area contributed by atoms with E-state index in [0.29, 0.717) is 6.07 Å². The van der Waals surface area contributed by atoms with Crippen molar-refractivity contribution in [2.45, 2.75) is 25.7 Å². The van der Waals surface area contributed by atoms with E-state index in [1.165, 1.54) is 0 Å². The third-order valence-corrected chi connectivity index (χ3v) is 3.63. The minimum atomic E-state index is -1.66. The van der Waals surface area contributed by atoms with Crippen LogP contribution in [0.2, 0.25) is 0 Å². The summed E-state index contributed by atoms with van der Waals surface area (Å²) in [6.07, 6.45) is 1.44. The molecule has 0 aliphatic heterocycles. The van der Waals surface area contributed by atoms with Crippen molar-refractivity contribution in [3.63, 3.8) is 0 Å². The molecule has 0 bridgehead atoms. The molecule has 7 heteroatoms. The number of H-pyrrole nitrogens is 1. The lowest BCUT2D eigenvalue weighted by Crippen LogP contribution is -2.22. The van der Waals surface area contributed by atoms with Crippen LogP contribution in [0.5, 0.6) is 0 Å². The highest BCUT2D eigenvalue weighted by Gasteiger charge is 2.33. The van der Waals surface area contributed by atoms with Crippen molar-refractivity contribution >= 4 is 16.9 Å². The molecule has 1 fully saturated rings. The van der Waals surface area contributed by atoms with Gasteiger partial charge in [0.15, 0.2) is 17.5 Å². The van der Waals surface area contributed by atoms with Crippen LogP contribution in [-0.2, 0) is 4.74 Å². The largest absolute Gasteiger partial charge is 0.462 e. The number of pyridine rings is 1. The first-order valence-electron chi connectivity index (χ1n) is 6.86. The number of ether oxygens (including phenoxy) is 1. The number of esters is 1. The Labute approximate surface area is 122 Å². The van der Waals surface area contributed by atoms with Gasteiger partial charge in [0.25, 0.3) is 0 Å². The van der Waals surface area contributed by atoms with Gasteiger partial charge in [-0.2, -0.15) is 0 Å². The minimum absolute atomic E-state index is 0.0621. The average molecular weight is 311 g/mol. The van der Waals surface area contributed by atoms with Crippen LogP contribution in [0.25, 0.3) is 10.9 Å². The Balaban J connectivity index is 2.37. The molecule has 1 aliphatic carbocycles. The van der Waals surface area contributed by atoms with Crippen molar-refractivity contribution in [2.24, 2.45) is 0 Å². The SMILES string of the molecule is CCOC(=O)c1c(C2CC2)[nH]c2c(F)c(F)c(F)cc2c1=O. The molecule has 2 aromatic rings. The molecule has 4 nitrogen and oxygen atoms in total. The Bertz CT molecular complexity index is 840. The lowest BCUT2D eigenvalue weighted by atomic mass is 10.0. The molecule has 1 aromatic carbocycles. The van der Waals surface area contributed by atoms with E-state index < -0.39 is 39.8 Å². The van der Waals surface area contributed by atoms with Crippen molar-refractivity contribution < 1.29 is 22.7 Å². The maximum Gasteiger partial charge on any atom is 0.343 e. The van der Waals surface area contributed by atoms with E-state index in [2.05, 4.69) is 4.98 Å². The second-order valence-corrected chi connectivity index (χ2v) is 5.15. The Morgan fingerprint density at radius 3 is 2.59 bits per heavy atom.